The molecule has 3 aromatic carbocycles. The van der Waals surface area contributed by atoms with E-state index >= 15 is 0 Å². The Bertz CT molecular complexity index is 955. The molecule has 0 aliphatic rings. The SMILES string of the molecule is O=C(NO)c1ccc(OCCCCNC(=O)c2ccc(-c3ccccc3)cc2)cc1. The first-order valence-electron chi connectivity index (χ1n) is 9.78. The highest BCUT2D eigenvalue weighted by molar-refractivity contribution is 5.94. The minimum Gasteiger partial charge on any atom is -0.494 e. The van der Waals surface area contributed by atoms with Crippen molar-refractivity contribution in [2.24, 2.45) is 0 Å². The van der Waals surface area contributed by atoms with E-state index in [4.69, 9.17) is 9.94 Å². The molecule has 6 heteroatoms. The number of carbonyl (C=O) groups excluding carboxylic acids is 2. The first kappa shape index (κ1) is 21.1. The fraction of sp³-hybridized carbons (Fsp3) is 0.167. The van der Waals surface area contributed by atoms with Crippen LogP contribution in [0.25, 0.3) is 11.1 Å². The molecule has 0 unspecified atom stereocenters. The number of benzene rings is 3. The molecular weight excluding hydrogens is 380 g/mol. The second-order valence-corrected chi connectivity index (χ2v) is 6.72. The average molecular weight is 404 g/mol. The Morgan fingerprint density at radius 3 is 2.00 bits per heavy atom. The second-order valence-electron chi connectivity index (χ2n) is 6.72. The van der Waals surface area contributed by atoms with Crippen molar-refractivity contribution in [3.63, 3.8) is 0 Å². The predicted octanol–water partition coefficient (Wildman–Crippen LogP) is 4.06. The number of hydrogen-bond acceptors (Lipinski definition) is 4. The molecule has 30 heavy (non-hydrogen) atoms. The van der Waals surface area contributed by atoms with Gasteiger partial charge in [-0.3, -0.25) is 14.8 Å². The Labute approximate surface area is 175 Å². The summed E-state index contributed by atoms with van der Waals surface area (Å²) >= 11 is 0. The highest BCUT2D eigenvalue weighted by atomic mass is 16.5. The number of nitrogens with one attached hydrogen (secondary N) is 2. The molecule has 154 valence electrons. The van der Waals surface area contributed by atoms with Gasteiger partial charge in [-0.1, -0.05) is 42.5 Å². The van der Waals surface area contributed by atoms with Gasteiger partial charge in [-0.05, 0) is 60.4 Å². The number of rotatable bonds is 9. The molecule has 3 aromatic rings. The lowest BCUT2D eigenvalue weighted by atomic mass is 10.0. The van der Waals surface area contributed by atoms with Crippen LogP contribution in [0.15, 0.2) is 78.9 Å². The van der Waals surface area contributed by atoms with Crippen molar-refractivity contribution in [2.45, 2.75) is 12.8 Å². The summed E-state index contributed by atoms with van der Waals surface area (Å²) < 4.78 is 5.61. The van der Waals surface area contributed by atoms with Crippen molar-refractivity contribution in [1.82, 2.24) is 10.8 Å². The van der Waals surface area contributed by atoms with Crippen molar-refractivity contribution in [3.05, 3.63) is 90.0 Å². The molecule has 0 spiro atoms. The molecule has 0 aliphatic heterocycles. The van der Waals surface area contributed by atoms with Crippen LogP contribution in [-0.4, -0.2) is 30.2 Å². The minimum absolute atomic E-state index is 0.0896. The molecule has 0 atom stereocenters. The Morgan fingerprint density at radius 1 is 0.733 bits per heavy atom. The Hall–Kier alpha value is -3.64. The molecule has 0 heterocycles. The van der Waals surface area contributed by atoms with Crippen LogP contribution in [-0.2, 0) is 0 Å². The van der Waals surface area contributed by atoms with Gasteiger partial charge in [0.2, 0.25) is 0 Å². The lowest BCUT2D eigenvalue weighted by Gasteiger charge is -2.08. The van der Waals surface area contributed by atoms with Crippen molar-refractivity contribution < 1.29 is 19.5 Å². The third-order valence-corrected chi connectivity index (χ3v) is 4.60. The summed E-state index contributed by atoms with van der Waals surface area (Å²) in [5, 5.41) is 11.5. The average Bonchev–Trinajstić information content (AvgIpc) is 2.81. The van der Waals surface area contributed by atoms with Crippen LogP contribution in [0.3, 0.4) is 0 Å². The molecule has 0 saturated heterocycles. The highest BCUT2D eigenvalue weighted by Gasteiger charge is 2.06. The molecule has 0 saturated carbocycles. The monoisotopic (exact) mass is 404 g/mol. The summed E-state index contributed by atoms with van der Waals surface area (Å²) in [6.07, 6.45) is 1.57. The van der Waals surface area contributed by atoms with E-state index in [2.05, 4.69) is 5.32 Å². The van der Waals surface area contributed by atoms with E-state index in [1.54, 1.807) is 29.7 Å². The number of ether oxygens (including phenoxy) is 1. The van der Waals surface area contributed by atoms with Crippen LogP contribution in [0.2, 0.25) is 0 Å². The van der Waals surface area contributed by atoms with E-state index in [1.807, 2.05) is 54.6 Å². The Balaban J connectivity index is 1.35. The standard InChI is InChI=1S/C24H24N2O4/c27-23(20-10-8-19(9-11-20)18-6-2-1-3-7-18)25-16-4-5-17-30-22-14-12-21(13-15-22)24(28)26-29/h1-3,6-15,29H,4-5,16-17H2,(H,25,27)(H,26,28). The van der Waals surface area contributed by atoms with Gasteiger partial charge in [-0.15, -0.1) is 0 Å². The molecule has 6 nitrogen and oxygen atoms in total. The maximum atomic E-state index is 12.3. The van der Waals surface area contributed by atoms with Crippen molar-refractivity contribution >= 4 is 11.8 Å². The van der Waals surface area contributed by atoms with Crippen LogP contribution in [0.5, 0.6) is 5.75 Å². The summed E-state index contributed by atoms with van der Waals surface area (Å²) in [6.45, 7) is 1.07. The summed E-state index contributed by atoms with van der Waals surface area (Å²) in [5.41, 5.74) is 4.77. The number of hydroxylamine groups is 1. The summed E-state index contributed by atoms with van der Waals surface area (Å²) in [6, 6.07) is 24.1. The zero-order valence-electron chi connectivity index (χ0n) is 16.5. The van der Waals surface area contributed by atoms with Gasteiger partial charge in [0.15, 0.2) is 0 Å². The van der Waals surface area contributed by atoms with E-state index < -0.39 is 5.91 Å². The fourth-order valence-electron chi connectivity index (χ4n) is 2.93. The summed E-state index contributed by atoms with van der Waals surface area (Å²) in [4.78, 5) is 23.5. The molecule has 3 N–H and O–H groups in total. The zero-order chi connectivity index (χ0) is 21.2. The second kappa shape index (κ2) is 10.8. The lowest BCUT2D eigenvalue weighted by Crippen LogP contribution is -2.24. The topological polar surface area (TPSA) is 87.7 Å². The maximum absolute atomic E-state index is 12.3. The van der Waals surface area contributed by atoms with Crippen LogP contribution in [0.4, 0.5) is 0 Å². The van der Waals surface area contributed by atoms with E-state index in [9.17, 15) is 9.59 Å². The quantitative estimate of drug-likeness (QED) is 0.285. The minimum atomic E-state index is -0.563. The summed E-state index contributed by atoms with van der Waals surface area (Å²) in [7, 11) is 0. The van der Waals surface area contributed by atoms with Gasteiger partial charge in [-0.25, -0.2) is 5.48 Å². The van der Waals surface area contributed by atoms with E-state index in [1.165, 1.54) is 0 Å². The van der Waals surface area contributed by atoms with Crippen molar-refractivity contribution in [3.8, 4) is 16.9 Å². The third kappa shape index (κ3) is 5.93. The van der Waals surface area contributed by atoms with Crippen LogP contribution in [0, 0.1) is 0 Å². The van der Waals surface area contributed by atoms with Crippen LogP contribution >= 0.6 is 0 Å². The van der Waals surface area contributed by atoms with Crippen LogP contribution < -0.4 is 15.5 Å². The zero-order valence-corrected chi connectivity index (χ0v) is 16.5. The van der Waals surface area contributed by atoms with E-state index in [0.29, 0.717) is 30.0 Å². The van der Waals surface area contributed by atoms with Crippen molar-refractivity contribution in [2.75, 3.05) is 13.2 Å². The molecule has 0 fully saturated rings. The number of hydrogen-bond donors (Lipinski definition) is 3. The number of unbranched alkanes of at least 4 members (excludes halogenated alkanes) is 1. The maximum Gasteiger partial charge on any atom is 0.274 e. The summed E-state index contributed by atoms with van der Waals surface area (Å²) in [5.74, 6) is -0.00712. The largest absolute Gasteiger partial charge is 0.494 e. The molecule has 3 rings (SSSR count). The molecule has 0 aliphatic carbocycles. The first-order chi connectivity index (χ1) is 14.7. The molecular formula is C24H24N2O4. The third-order valence-electron chi connectivity index (χ3n) is 4.60. The van der Waals surface area contributed by atoms with Gasteiger partial charge in [0.1, 0.15) is 5.75 Å². The molecule has 0 aromatic heterocycles. The molecule has 2 amide bonds. The van der Waals surface area contributed by atoms with Gasteiger partial charge in [0.25, 0.3) is 11.8 Å². The van der Waals surface area contributed by atoms with Gasteiger partial charge in [0.05, 0.1) is 6.61 Å². The van der Waals surface area contributed by atoms with E-state index in [0.717, 1.165) is 24.0 Å². The normalized spacial score (nSPS) is 10.3. The predicted molar refractivity (Wildman–Crippen MR) is 115 cm³/mol. The first-order valence-corrected chi connectivity index (χ1v) is 9.78. The van der Waals surface area contributed by atoms with Crippen LogP contribution in [0.1, 0.15) is 33.6 Å². The van der Waals surface area contributed by atoms with Gasteiger partial charge >= 0.3 is 0 Å². The van der Waals surface area contributed by atoms with Gasteiger partial charge in [0, 0.05) is 17.7 Å². The lowest BCUT2D eigenvalue weighted by molar-refractivity contribution is 0.0706. The Morgan fingerprint density at radius 2 is 1.33 bits per heavy atom. The highest BCUT2D eigenvalue weighted by Crippen LogP contribution is 2.19. The fourth-order valence-corrected chi connectivity index (χ4v) is 2.93. The van der Waals surface area contributed by atoms with Gasteiger partial charge in [-0.2, -0.15) is 0 Å². The Kier molecular flexibility index (Phi) is 7.58. The van der Waals surface area contributed by atoms with E-state index in [-0.39, 0.29) is 5.91 Å². The smallest absolute Gasteiger partial charge is 0.274 e. The molecule has 0 radical (unpaired) electrons. The van der Waals surface area contributed by atoms with Gasteiger partial charge < -0.3 is 10.1 Å². The van der Waals surface area contributed by atoms with Crippen molar-refractivity contribution in [1.29, 1.82) is 0 Å². The molecule has 0 bridgehead atoms. The number of carbonyl (C=O) groups is 2. The number of amides is 2.